The Hall–Kier alpha value is -1.49. The molecule has 160 valence electrons. The van der Waals surface area contributed by atoms with Crippen LogP contribution in [-0.2, 0) is 15.0 Å². The van der Waals surface area contributed by atoms with Crippen molar-refractivity contribution < 1.29 is 9.59 Å². The van der Waals surface area contributed by atoms with Crippen LogP contribution in [0.2, 0.25) is 0 Å². The van der Waals surface area contributed by atoms with E-state index < -0.39 is 6.04 Å². The molecular weight excluding hydrogens is 380 g/mol. The number of thioether (sulfide) groups is 1. The van der Waals surface area contributed by atoms with Crippen molar-refractivity contribution in [2.24, 2.45) is 0 Å². The number of carbonyl (C=O) groups excluding carboxylic acids is 2. The first-order valence-corrected chi connectivity index (χ1v) is 12.2. The van der Waals surface area contributed by atoms with Gasteiger partial charge in [0.15, 0.2) is 0 Å². The third kappa shape index (κ3) is 5.36. The molecule has 29 heavy (non-hydrogen) atoms. The highest BCUT2D eigenvalue weighted by Crippen LogP contribution is 2.39. The van der Waals surface area contributed by atoms with Gasteiger partial charge in [-0.25, -0.2) is 0 Å². The molecule has 1 aliphatic heterocycles. The Kier molecular flexibility index (Phi) is 7.31. The lowest BCUT2D eigenvalue weighted by molar-refractivity contribution is -0.126. The van der Waals surface area contributed by atoms with Gasteiger partial charge in [0.2, 0.25) is 11.8 Å². The van der Waals surface area contributed by atoms with E-state index in [1.165, 1.54) is 37.7 Å². The van der Waals surface area contributed by atoms with E-state index in [0.717, 1.165) is 23.4 Å². The topological polar surface area (TPSA) is 49.4 Å². The van der Waals surface area contributed by atoms with Gasteiger partial charge in [0.1, 0.15) is 6.04 Å². The van der Waals surface area contributed by atoms with Gasteiger partial charge in [-0.2, -0.15) is 0 Å². The molecule has 1 aliphatic carbocycles. The Morgan fingerprint density at radius 3 is 2.45 bits per heavy atom. The maximum absolute atomic E-state index is 13.3. The second-order valence-corrected chi connectivity index (χ2v) is 10.5. The molecule has 1 aromatic carbocycles. The molecule has 2 amide bonds. The molecule has 0 aromatic heterocycles. The van der Waals surface area contributed by atoms with Gasteiger partial charge in [0.25, 0.3) is 0 Å². The van der Waals surface area contributed by atoms with E-state index in [-0.39, 0.29) is 23.3 Å². The summed E-state index contributed by atoms with van der Waals surface area (Å²) in [6, 6.07) is 6.18. The molecule has 0 saturated heterocycles. The lowest BCUT2D eigenvalue weighted by Crippen LogP contribution is -2.53. The van der Waals surface area contributed by atoms with Crippen LogP contribution in [0.5, 0.6) is 0 Å². The van der Waals surface area contributed by atoms with Crippen LogP contribution in [0.3, 0.4) is 0 Å². The number of benzene rings is 1. The van der Waals surface area contributed by atoms with Gasteiger partial charge in [-0.3, -0.25) is 14.5 Å². The molecule has 1 fully saturated rings. The molecule has 2 aliphatic rings. The summed E-state index contributed by atoms with van der Waals surface area (Å²) in [6.07, 6.45) is 8.91. The Balaban J connectivity index is 1.84. The van der Waals surface area contributed by atoms with Gasteiger partial charge in [-0.15, -0.1) is 11.8 Å². The fourth-order valence-electron chi connectivity index (χ4n) is 4.36. The minimum absolute atomic E-state index is 0.00503. The zero-order valence-corrected chi connectivity index (χ0v) is 19.2. The summed E-state index contributed by atoms with van der Waals surface area (Å²) in [5, 5.41) is 3.29. The SMILES string of the molecule is CC[C@@H](C(=O)NC1CCCCCCC1)N1C(=O)CSc2ccc(C(C)(C)C)cc21. The molecule has 0 spiro atoms. The predicted molar refractivity (Wildman–Crippen MR) is 122 cm³/mol. The van der Waals surface area contributed by atoms with Gasteiger partial charge in [-0.1, -0.05) is 65.9 Å². The zero-order valence-electron chi connectivity index (χ0n) is 18.4. The fraction of sp³-hybridized carbons (Fsp3) is 0.667. The van der Waals surface area contributed by atoms with Crippen LogP contribution in [0.4, 0.5) is 5.69 Å². The first kappa shape index (κ1) is 22.2. The van der Waals surface area contributed by atoms with Crippen molar-refractivity contribution in [2.75, 3.05) is 10.7 Å². The molecular formula is C24H36N2O2S. The van der Waals surface area contributed by atoms with Crippen molar-refractivity contribution in [3.05, 3.63) is 23.8 Å². The average Bonchev–Trinajstić information content (AvgIpc) is 2.65. The van der Waals surface area contributed by atoms with Crippen LogP contribution in [0.1, 0.15) is 84.6 Å². The molecule has 4 nitrogen and oxygen atoms in total. The Labute approximate surface area is 180 Å². The quantitative estimate of drug-likeness (QED) is 0.712. The molecule has 3 rings (SSSR count). The number of carbonyl (C=O) groups is 2. The zero-order chi connectivity index (χ0) is 21.0. The van der Waals surface area contributed by atoms with Crippen molar-refractivity contribution in [1.82, 2.24) is 5.32 Å². The number of nitrogens with one attached hydrogen (secondary N) is 1. The lowest BCUT2D eigenvalue weighted by atomic mass is 9.86. The van der Waals surface area contributed by atoms with Crippen LogP contribution in [0.15, 0.2) is 23.1 Å². The van der Waals surface area contributed by atoms with Crippen molar-refractivity contribution in [1.29, 1.82) is 0 Å². The Morgan fingerprint density at radius 2 is 1.83 bits per heavy atom. The fourth-order valence-corrected chi connectivity index (χ4v) is 5.25. The summed E-state index contributed by atoms with van der Waals surface area (Å²) >= 11 is 1.58. The predicted octanol–water partition coefficient (Wildman–Crippen LogP) is 5.43. The van der Waals surface area contributed by atoms with Crippen molar-refractivity contribution in [3.8, 4) is 0 Å². The summed E-state index contributed by atoms with van der Waals surface area (Å²) in [5.74, 6) is 0.438. The second kappa shape index (κ2) is 9.55. The summed E-state index contributed by atoms with van der Waals surface area (Å²) in [6.45, 7) is 8.53. The van der Waals surface area contributed by atoms with Crippen molar-refractivity contribution in [2.45, 2.75) is 101 Å². The average molecular weight is 417 g/mol. The summed E-state index contributed by atoms with van der Waals surface area (Å²) in [5.41, 5.74) is 2.08. The highest BCUT2D eigenvalue weighted by atomic mass is 32.2. The lowest BCUT2D eigenvalue weighted by Gasteiger charge is -2.36. The van der Waals surface area contributed by atoms with E-state index in [2.05, 4.69) is 44.3 Å². The molecule has 1 atom stereocenters. The van der Waals surface area contributed by atoms with Crippen molar-refractivity contribution in [3.63, 3.8) is 0 Å². The number of hydrogen-bond acceptors (Lipinski definition) is 3. The molecule has 1 saturated carbocycles. The molecule has 5 heteroatoms. The second-order valence-electron chi connectivity index (χ2n) is 9.46. The Morgan fingerprint density at radius 1 is 1.17 bits per heavy atom. The van der Waals surface area contributed by atoms with Crippen LogP contribution in [0.25, 0.3) is 0 Å². The van der Waals surface area contributed by atoms with Gasteiger partial charge in [-0.05, 0) is 42.4 Å². The number of anilines is 1. The van der Waals surface area contributed by atoms with E-state index in [9.17, 15) is 9.59 Å². The highest BCUT2D eigenvalue weighted by Gasteiger charge is 2.35. The van der Waals surface area contributed by atoms with Crippen LogP contribution in [-0.4, -0.2) is 29.7 Å². The number of fused-ring (bicyclic) bond motifs is 1. The van der Waals surface area contributed by atoms with Gasteiger partial charge >= 0.3 is 0 Å². The molecule has 0 radical (unpaired) electrons. The van der Waals surface area contributed by atoms with Crippen LogP contribution >= 0.6 is 11.8 Å². The first-order chi connectivity index (χ1) is 13.8. The van der Waals surface area contributed by atoms with Crippen LogP contribution in [0, 0.1) is 0 Å². The largest absolute Gasteiger partial charge is 0.352 e. The van der Waals surface area contributed by atoms with E-state index in [0.29, 0.717) is 12.2 Å². The van der Waals surface area contributed by atoms with E-state index >= 15 is 0 Å². The van der Waals surface area contributed by atoms with Crippen LogP contribution < -0.4 is 10.2 Å². The first-order valence-electron chi connectivity index (χ1n) is 11.2. The van der Waals surface area contributed by atoms with Gasteiger partial charge in [0.05, 0.1) is 11.4 Å². The summed E-state index contributed by atoms with van der Waals surface area (Å²) < 4.78 is 0. The summed E-state index contributed by atoms with van der Waals surface area (Å²) in [4.78, 5) is 29.1. The third-order valence-electron chi connectivity index (χ3n) is 6.16. The number of nitrogens with zero attached hydrogens (tertiary/aromatic N) is 1. The van der Waals surface area contributed by atoms with Gasteiger partial charge < -0.3 is 5.32 Å². The maximum atomic E-state index is 13.3. The Bertz CT molecular complexity index is 733. The minimum atomic E-state index is -0.442. The number of amides is 2. The number of rotatable bonds is 4. The monoisotopic (exact) mass is 416 g/mol. The molecule has 0 unspecified atom stereocenters. The highest BCUT2D eigenvalue weighted by molar-refractivity contribution is 8.00. The standard InChI is InChI=1S/C24H36N2O2S/c1-5-19(23(28)25-18-11-9-7-6-8-10-12-18)26-20-15-17(24(2,3)4)13-14-21(20)29-16-22(26)27/h13-15,18-19H,5-12,16H2,1-4H3,(H,25,28)/t19-/m0/s1. The van der Waals surface area contributed by atoms with E-state index in [4.69, 9.17) is 0 Å². The van der Waals surface area contributed by atoms with Crippen molar-refractivity contribution >= 4 is 29.3 Å². The summed E-state index contributed by atoms with van der Waals surface area (Å²) in [7, 11) is 0. The molecule has 1 aromatic rings. The van der Waals surface area contributed by atoms with E-state index in [1.807, 2.05) is 6.92 Å². The minimum Gasteiger partial charge on any atom is -0.352 e. The normalized spacial score (nSPS) is 19.9. The molecule has 1 N–H and O–H groups in total. The smallest absolute Gasteiger partial charge is 0.243 e. The number of hydrogen-bond donors (Lipinski definition) is 1. The molecule has 0 bridgehead atoms. The maximum Gasteiger partial charge on any atom is 0.243 e. The van der Waals surface area contributed by atoms with Gasteiger partial charge in [0, 0.05) is 10.9 Å². The third-order valence-corrected chi connectivity index (χ3v) is 7.20. The van der Waals surface area contributed by atoms with E-state index in [1.54, 1.807) is 16.7 Å². The molecule has 1 heterocycles.